The Labute approximate surface area is 174 Å². The number of amides is 1. The van der Waals surface area contributed by atoms with Gasteiger partial charge in [-0.2, -0.15) is 0 Å². The topological polar surface area (TPSA) is 41.6 Å². The van der Waals surface area contributed by atoms with Crippen LogP contribution < -0.4 is 10.1 Å². The Morgan fingerprint density at radius 3 is 2.50 bits per heavy atom. The molecule has 0 bridgehead atoms. The van der Waals surface area contributed by atoms with E-state index >= 15 is 0 Å². The molecule has 2 aromatic rings. The number of nitrogens with zero attached hydrogens (tertiary/aromatic N) is 1. The maximum absolute atomic E-state index is 13.0. The molecule has 1 aliphatic heterocycles. The molecular weight excluding hydrogens is 372 g/mol. The van der Waals surface area contributed by atoms with Crippen molar-refractivity contribution >= 4 is 18.3 Å². The Hall–Kier alpha value is -2.04. The fourth-order valence-corrected chi connectivity index (χ4v) is 3.56. The van der Waals surface area contributed by atoms with Crippen LogP contribution in [0.5, 0.6) is 5.75 Å². The lowest BCUT2D eigenvalue weighted by atomic mass is 9.96. The second kappa shape index (κ2) is 11.1. The lowest BCUT2D eigenvalue weighted by Gasteiger charge is -2.32. The predicted molar refractivity (Wildman–Crippen MR) is 116 cm³/mol. The summed E-state index contributed by atoms with van der Waals surface area (Å²) in [6, 6.07) is 15.8. The Balaban J connectivity index is 0.00000280. The summed E-state index contributed by atoms with van der Waals surface area (Å²) in [6.07, 6.45) is 2.12. The highest BCUT2D eigenvalue weighted by Crippen LogP contribution is 2.24. The summed E-state index contributed by atoms with van der Waals surface area (Å²) in [5.41, 5.74) is 3.00. The first-order chi connectivity index (χ1) is 13.2. The smallest absolute Gasteiger partial charge is 0.257 e. The maximum atomic E-state index is 13.0. The molecule has 1 heterocycles. The highest BCUT2D eigenvalue weighted by molar-refractivity contribution is 5.97. The highest BCUT2D eigenvalue weighted by Gasteiger charge is 2.25. The van der Waals surface area contributed by atoms with Gasteiger partial charge in [0.25, 0.3) is 5.91 Å². The van der Waals surface area contributed by atoms with Gasteiger partial charge in [-0.3, -0.25) is 4.79 Å². The van der Waals surface area contributed by atoms with Crippen LogP contribution in [-0.2, 0) is 6.61 Å². The van der Waals surface area contributed by atoms with Gasteiger partial charge in [0, 0.05) is 13.1 Å². The summed E-state index contributed by atoms with van der Waals surface area (Å²) < 4.78 is 6.03. The van der Waals surface area contributed by atoms with Crippen LogP contribution in [0, 0.1) is 12.8 Å². The van der Waals surface area contributed by atoms with Crippen LogP contribution in [0.3, 0.4) is 0 Å². The molecule has 1 aliphatic rings. The number of rotatable bonds is 7. The lowest BCUT2D eigenvalue weighted by molar-refractivity contribution is 0.0685. The Kier molecular flexibility index (Phi) is 8.81. The molecule has 1 N–H and O–H groups in total. The van der Waals surface area contributed by atoms with Gasteiger partial charge in [-0.05, 0) is 62.0 Å². The fourth-order valence-electron chi connectivity index (χ4n) is 3.56. The molecule has 0 unspecified atom stereocenters. The number of aryl methyl sites for hydroxylation is 1. The number of halogens is 1. The summed E-state index contributed by atoms with van der Waals surface area (Å²) in [6.45, 7) is 8.38. The first kappa shape index (κ1) is 22.3. The van der Waals surface area contributed by atoms with Crippen molar-refractivity contribution in [3.05, 3.63) is 65.2 Å². The van der Waals surface area contributed by atoms with Crippen LogP contribution >= 0.6 is 12.4 Å². The van der Waals surface area contributed by atoms with E-state index in [0.29, 0.717) is 23.8 Å². The molecule has 1 saturated heterocycles. The first-order valence-electron chi connectivity index (χ1n) is 9.95. The van der Waals surface area contributed by atoms with E-state index in [2.05, 4.69) is 31.3 Å². The summed E-state index contributed by atoms with van der Waals surface area (Å²) in [5, 5.41) is 3.42. The molecule has 28 heavy (non-hydrogen) atoms. The van der Waals surface area contributed by atoms with E-state index in [9.17, 15) is 4.79 Å². The summed E-state index contributed by atoms with van der Waals surface area (Å²) in [7, 11) is 0. The van der Waals surface area contributed by atoms with Crippen molar-refractivity contribution in [2.75, 3.05) is 26.2 Å². The van der Waals surface area contributed by atoms with Crippen LogP contribution in [0.4, 0.5) is 0 Å². The summed E-state index contributed by atoms with van der Waals surface area (Å²) >= 11 is 0. The molecule has 2 aromatic carbocycles. The maximum Gasteiger partial charge on any atom is 0.257 e. The molecule has 152 valence electrons. The molecule has 0 atom stereocenters. The molecule has 0 aromatic heterocycles. The minimum Gasteiger partial charge on any atom is -0.488 e. The van der Waals surface area contributed by atoms with Crippen LogP contribution in [0.15, 0.2) is 48.5 Å². The number of nitrogens with one attached hydrogen (secondary N) is 1. The molecule has 5 heteroatoms. The largest absolute Gasteiger partial charge is 0.488 e. The molecule has 1 amide bonds. The average molecular weight is 403 g/mol. The second-order valence-corrected chi connectivity index (χ2v) is 7.25. The Morgan fingerprint density at radius 1 is 1.11 bits per heavy atom. The number of carbonyl (C=O) groups is 1. The minimum absolute atomic E-state index is 0. The minimum atomic E-state index is 0. The van der Waals surface area contributed by atoms with Crippen LogP contribution in [0.25, 0.3) is 0 Å². The van der Waals surface area contributed by atoms with Crippen molar-refractivity contribution in [2.45, 2.75) is 33.3 Å². The Morgan fingerprint density at radius 2 is 1.79 bits per heavy atom. The number of benzene rings is 2. The van der Waals surface area contributed by atoms with Crippen molar-refractivity contribution in [1.29, 1.82) is 0 Å². The Bertz CT molecular complexity index is 758. The van der Waals surface area contributed by atoms with Crippen molar-refractivity contribution in [1.82, 2.24) is 10.2 Å². The number of hydrogen-bond acceptors (Lipinski definition) is 3. The van der Waals surface area contributed by atoms with Gasteiger partial charge >= 0.3 is 0 Å². The molecular formula is C23H31ClN2O2. The lowest BCUT2D eigenvalue weighted by Crippen LogP contribution is -2.40. The van der Waals surface area contributed by atoms with E-state index in [1.807, 2.05) is 41.3 Å². The van der Waals surface area contributed by atoms with E-state index in [1.165, 1.54) is 5.56 Å². The average Bonchev–Trinajstić information content (AvgIpc) is 2.72. The monoisotopic (exact) mass is 402 g/mol. The van der Waals surface area contributed by atoms with Crippen molar-refractivity contribution in [3.63, 3.8) is 0 Å². The molecule has 3 rings (SSSR count). The standard InChI is InChI=1S/C23H30N2O2.ClH/c1-3-24-16-19-12-14-25(15-13-19)23(26)21-10-6-7-11-22(21)27-17-20-9-5-4-8-18(20)2;/h4-11,19,24H,3,12-17H2,1-2H3;1H. The van der Waals surface area contributed by atoms with Gasteiger partial charge in [-0.15, -0.1) is 12.4 Å². The third-order valence-corrected chi connectivity index (χ3v) is 5.35. The van der Waals surface area contributed by atoms with Crippen molar-refractivity contribution in [2.24, 2.45) is 5.92 Å². The third kappa shape index (κ3) is 5.73. The molecule has 0 radical (unpaired) electrons. The number of ether oxygens (including phenoxy) is 1. The van der Waals surface area contributed by atoms with E-state index in [-0.39, 0.29) is 18.3 Å². The van der Waals surface area contributed by atoms with Crippen LogP contribution in [0.1, 0.15) is 41.3 Å². The second-order valence-electron chi connectivity index (χ2n) is 7.25. The van der Waals surface area contributed by atoms with Crippen LogP contribution in [0.2, 0.25) is 0 Å². The van der Waals surface area contributed by atoms with Crippen molar-refractivity contribution in [3.8, 4) is 5.75 Å². The predicted octanol–water partition coefficient (Wildman–Crippen LogP) is 4.46. The molecule has 0 spiro atoms. The van der Waals surface area contributed by atoms with Gasteiger partial charge in [0.05, 0.1) is 5.56 Å². The van der Waals surface area contributed by atoms with E-state index in [4.69, 9.17) is 4.74 Å². The molecule has 0 saturated carbocycles. The molecule has 4 nitrogen and oxygen atoms in total. The van der Waals surface area contributed by atoms with Gasteiger partial charge in [0.2, 0.25) is 0 Å². The van der Waals surface area contributed by atoms with Crippen molar-refractivity contribution < 1.29 is 9.53 Å². The van der Waals surface area contributed by atoms with E-state index < -0.39 is 0 Å². The number of carbonyl (C=O) groups excluding carboxylic acids is 1. The van der Waals surface area contributed by atoms with Crippen LogP contribution in [-0.4, -0.2) is 37.0 Å². The van der Waals surface area contributed by atoms with Gasteiger partial charge in [-0.1, -0.05) is 43.3 Å². The quantitative estimate of drug-likeness (QED) is 0.743. The SMILES string of the molecule is CCNCC1CCN(C(=O)c2ccccc2OCc2ccccc2C)CC1.Cl. The van der Waals surface area contributed by atoms with Gasteiger partial charge < -0.3 is 15.0 Å². The normalized spacial score (nSPS) is 14.4. The number of likely N-dealkylation sites (tertiary alicyclic amines) is 1. The zero-order valence-corrected chi connectivity index (χ0v) is 17.6. The van der Waals surface area contributed by atoms with E-state index in [0.717, 1.165) is 44.6 Å². The van der Waals surface area contributed by atoms with Gasteiger partial charge in [0.15, 0.2) is 0 Å². The van der Waals surface area contributed by atoms with Gasteiger partial charge in [-0.25, -0.2) is 0 Å². The van der Waals surface area contributed by atoms with E-state index in [1.54, 1.807) is 0 Å². The molecule has 0 aliphatic carbocycles. The number of hydrogen-bond donors (Lipinski definition) is 1. The first-order valence-corrected chi connectivity index (χ1v) is 9.95. The zero-order valence-electron chi connectivity index (χ0n) is 16.8. The highest BCUT2D eigenvalue weighted by atomic mass is 35.5. The summed E-state index contributed by atoms with van der Waals surface area (Å²) in [4.78, 5) is 15.0. The summed E-state index contributed by atoms with van der Waals surface area (Å²) in [5.74, 6) is 1.42. The third-order valence-electron chi connectivity index (χ3n) is 5.35. The zero-order chi connectivity index (χ0) is 19.1. The number of piperidine rings is 1. The number of para-hydroxylation sites is 1. The van der Waals surface area contributed by atoms with Gasteiger partial charge in [0.1, 0.15) is 12.4 Å². The molecule has 1 fully saturated rings. The fraction of sp³-hybridized carbons (Fsp3) is 0.435.